The molecule has 8 aromatic rings. The molecule has 0 aliphatic carbocycles. The molecule has 5 aliphatic heterocycles. The molecule has 5 heterocycles. The van der Waals surface area contributed by atoms with Gasteiger partial charge in [-0.15, -0.1) is 0 Å². The predicted molar refractivity (Wildman–Crippen MR) is 207 cm³/mol. The Morgan fingerprint density at radius 1 is 0.315 bits per heavy atom. The van der Waals surface area contributed by atoms with E-state index in [1.165, 1.54) is 0 Å². The molecule has 6 bridgehead atoms. The van der Waals surface area contributed by atoms with Crippen LogP contribution in [0.25, 0.3) is 65.3 Å². The lowest BCUT2D eigenvalue weighted by Gasteiger charge is -2.51. The number of hydrogen-bond acceptors (Lipinski definition) is 8. The zero-order valence-corrected chi connectivity index (χ0v) is 28.8. The third-order valence-electron chi connectivity index (χ3n) is 11.6. The molecule has 0 aromatic heterocycles. The third kappa shape index (κ3) is 3.92. The standard InChI is InChI=1S/C44H28B2O8/c1-5-13-33-25(9-1)17-29-21-47-45-48-23-31-19-27-11-3-7-15-35(27)39(43(31)53-45)40-36-16-8-4-12-28(36)20-32-24-50-46(54-44(32)40)49-22-30-18-26-10-2-6-14-34(26)38(42(30)52-46)37(33)41(29)51-45/h1-20H,21-24H2/q-2. The van der Waals surface area contributed by atoms with Crippen LogP contribution in [0.5, 0.6) is 23.0 Å². The highest BCUT2D eigenvalue weighted by molar-refractivity contribution is 6.57. The van der Waals surface area contributed by atoms with E-state index >= 15 is 0 Å². The van der Waals surface area contributed by atoms with E-state index in [1.54, 1.807) is 0 Å². The summed E-state index contributed by atoms with van der Waals surface area (Å²) in [7, 11) is 0. The Morgan fingerprint density at radius 2 is 0.556 bits per heavy atom. The van der Waals surface area contributed by atoms with Gasteiger partial charge in [-0.25, -0.2) is 0 Å². The summed E-state index contributed by atoms with van der Waals surface area (Å²) < 4.78 is 54.8. The second-order valence-electron chi connectivity index (χ2n) is 14.7. The monoisotopic (exact) mass is 706 g/mol. The van der Waals surface area contributed by atoms with Crippen LogP contribution in [0.15, 0.2) is 121 Å². The van der Waals surface area contributed by atoms with Gasteiger partial charge in [0, 0.05) is 70.9 Å². The first-order valence-corrected chi connectivity index (χ1v) is 18.4. The van der Waals surface area contributed by atoms with Crippen LogP contribution < -0.4 is 18.6 Å². The zero-order valence-electron chi connectivity index (χ0n) is 28.8. The van der Waals surface area contributed by atoms with Crippen molar-refractivity contribution < 1.29 is 37.2 Å². The van der Waals surface area contributed by atoms with Crippen molar-refractivity contribution in [3.63, 3.8) is 0 Å². The van der Waals surface area contributed by atoms with Gasteiger partial charge in [0.05, 0.1) is 23.0 Å². The number of rotatable bonds is 0. The maximum absolute atomic E-state index is 7.10. The van der Waals surface area contributed by atoms with Crippen molar-refractivity contribution in [3.8, 4) is 45.3 Å². The first-order chi connectivity index (χ1) is 26.6. The van der Waals surface area contributed by atoms with Gasteiger partial charge in [0.25, 0.3) is 0 Å². The van der Waals surface area contributed by atoms with Crippen molar-refractivity contribution in [1.82, 2.24) is 0 Å². The van der Waals surface area contributed by atoms with E-state index in [2.05, 4.69) is 72.8 Å². The van der Waals surface area contributed by atoms with Crippen LogP contribution in [0.3, 0.4) is 0 Å². The quantitative estimate of drug-likeness (QED) is 0.144. The van der Waals surface area contributed by atoms with Crippen LogP contribution in [0.4, 0.5) is 0 Å². The molecule has 0 radical (unpaired) electrons. The molecular weight excluding hydrogens is 678 g/mol. The smallest absolute Gasteiger partial charge is 0.634 e. The molecule has 54 heavy (non-hydrogen) atoms. The Bertz CT molecular complexity index is 2590. The van der Waals surface area contributed by atoms with Gasteiger partial charge < -0.3 is 37.2 Å². The summed E-state index contributed by atoms with van der Waals surface area (Å²) in [5.41, 5.74) is 6.91. The van der Waals surface area contributed by atoms with Gasteiger partial charge in [0.2, 0.25) is 0 Å². The number of benzene rings is 8. The van der Waals surface area contributed by atoms with Crippen molar-refractivity contribution in [2.24, 2.45) is 0 Å². The summed E-state index contributed by atoms with van der Waals surface area (Å²) in [5, 5.41) is 8.10. The SMILES string of the molecule is c1ccc2c3c4c(cc2c1)CO[B-]1(OCc2cc5ccccc5c(c2O1)-c1c2c(cc5ccccc15)CO[B-]1(OCc5cc6ccccc6c-3c5O1)O2)O4. The molecule has 0 fully saturated rings. The molecule has 0 atom stereocenters. The molecule has 0 saturated heterocycles. The molecule has 0 N–H and O–H groups in total. The molecule has 260 valence electrons. The van der Waals surface area contributed by atoms with Crippen molar-refractivity contribution in [2.75, 3.05) is 0 Å². The first kappa shape index (κ1) is 29.4. The molecule has 2 spiro atoms. The average molecular weight is 706 g/mol. The Morgan fingerprint density at radius 3 is 0.815 bits per heavy atom. The summed E-state index contributed by atoms with van der Waals surface area (Å²) >= 11 is 0. The van der Waals surface area contributed by atoms with Gasteiger partial charge >= 0.3 is 13.9 Å². The highest BCUT2D eigenvalue weighted by atomic mass is 16.9. The molecule has 5 aliphatic rings. The highest BCUT2D eigenvalue weighted by Crippen LogP contribution is 2.56. The molecule has 8 nitrogen and oxygen atoms in total. The van der Waals surface area contributed by atoms with Gasteiger partial charge in [-0.1, -0.05) is 97.1 Å². The Kier molecular flexibility index (Phi) is 5.64. The molecule has 0 unspecified atom stereocenters. The number of fused-ring (bicyclic) bond motifs is 10. The predicted octanol–water partition coefficient (Wildman–Crippen LogP) is 9.85. The zero-order chi connectivity index (χ0) is 35.2. The molecule has 0 amide bonds. The number of hydrogen-bond donors (Lipinski definition) is 0. The minimum Gasteiger partial charge on any atom is -0.634 e. The van der Waals surface area contributed by atoms with Crippen LogP contribution >= 0.6 is 0 Å². The normalized spacial score (nSPS) is 17.9. The van der Waals surface area contributed by atoms with Crippen molar-refractivity contribution in [1.29, 1.82) is 0 Å². The summed E-state index contributed by atoms with van der Waals surface area (Å²) in [6.07, 6.45) is 0. The lowest BCUT2D eigenvalue weighted by Crippen LogP contribution is -2.59. The van der Waals surface area contributed by atoms with Crippen LogP contribution in [-0.2, 0) is 45.0 Å². The summed E-state index contributed by atoms with van der Waals surface area (Å²) in [5.74, 6) is 2.49. The maximum Gasteiger partial charge on any atom is 0.652 e. The van der Waals surface area contributed by atoms with E-state index in [0.29, 0.717) is 23.0 Å². The fourth-order valence-corrected chi connectivity index (χ4v) is 9.27. The fraction of sp³-hybridized carbons (Fsp3) is 0.0909. The van der Waals surface area contributed by atoms with Gasteiger partial charge in [0.1, 0.15) is 0 Å². The van der Waals surface area contributed by atoms with Crippen LogP contribution in [0, 0.1) is 0 Å². The van der Waals surface area contributed by atoms with Gasteiger partial charge in [-0.05, 0) is 67.4 Å². The lowest BCUT2D eigenvalue weighted by atomic mass is 9.83. The van der Waals surface area contributed by atoms with Gasteiger partial charge in [-0.3, -0.25) is 0 Å². The Hall–Kier alpha value is -6.03. The van der Waals surface area contributed by atoms with Crippen molar-refractivity contribution >= 4 is 57.0 Å². The Labute approximate surface area is 308 Å². The largest absolute Gasteiger partial charge is 0.652 e. The van der Waals surface area contributed by atoms with Crippen molar-refractivity contribution in [2.45, 2.75) is 26.4 Å². The van der Waals surface area contributed by atoms with E-state index in [9.17, 15) is 0 Å². The minimum atomic E-state index is -2.79. The van der Waals surface area contributed by atoms with E-state index in [-0.39, 0.29) is 26.4 Å². The molecule has 13 rings (SSSR count). The van der Waals surface area contributed by atoms with Crippen molar-refractivity contribution in [3.05, 3.63) is 144 Å². The second kappa shape index (κ2) is 10.3. The van der Waals surface area contributed by atoms with Gasteiger partial charge in [-0.2, -0.15) is 0 Å². The first-order valence-electron chi connectivity index (χ1n) is 18.4. The van der Waals surface area contributed by atoms with E-state index in [1.807, 2.05) is 48.5 Å². The van der Waals surface area contributed by atoms with E-state index < -0.39 is 13.9 Å². The summed E-state index contributed by atoms with van der Waals surface area (Å²) in [6, 6.07) is 41.7. The molecule has 8 aromatic carbocycles. The summed E-state index contributed by atoms with van der Waals surface area (Å²) in [4.78, 5) is 0. The van der Waals surface area contributed by atoms with Crippen LogP contribution in [0.1, 0.15) is 22.3 Å². The topological polar surface area (TPSA) is 73.8 Å². The second-order valence-corrected chi connectivity index (χ2v) is 14.7. The highest BCUT2D eigenvalue weighted by Gasteiger charge is 2.49. The molecule has 10 heteroatoms. The minimum absolute atomic E-state index is 0.214. The maximum atomic E-state index is 7.10. The van der Waals surface area contributed by atoms with Crippen LogP contribution in [-0.4, -0.2) is 13.9 Å². The Balaban J connectivity index is 1.19. The third-order valence-corrected chi connectivity index (χ3v) is 11.6. The molecule has 0 saturated carbocycles. The fourth-order valence-electron chi connectivity index (χ4n) is 9.27. The van der Waals surface area contributed by atoms with Crippen LogP contribution in [0.2, 0.25) is 0 Å². The lowest BCUT2D eigenvalue weighted by molar-refractivity contribution is 0.00378. The average Bonchev–Trinajstić information content (AvgIpc) is 3.21. The summed E-state index contributed by atoms with van der Waals surface area (Å²) in [6.45, 7) is -4.71. The van der Waals surface area contributed by atoms with E-state index in [0.717, 1.165) is 87.6 Å². The van der Waals surface area contributed by atoms with E-state index in [4.69, 9.17) is 37.2 Å². The van der Waals surface area contributed by atoms with Gasteiger partial charge in [0.15, 0.2) is 0 Å². The molecular formula is C44H28B2O8-2.